The lowest BCUT2D eigenvalue weighted by Gasteiger charge is -1.95. The second-order valence-electron chi connectivity index (χ2n) is 1.91. The van der Waals surface area contributed by atoms with Gasteiger partial charge in [0.1, 0.15) is 0 Å². The topological polar surface area (TPSA) is 0 Å². The molecule has 0 amide bonds. The van der Waals surface area contributed by atoms with Gasteiger partial charge in [0.05, 0.1) is 0 Å². The van der Waals surface area contributed by atoms with Gasteiger partial charge in [-0.05, 0) is 12.8 Å². The van der Waals surface area contributed by atoms with Crippen LogP contribution < -0.4 is 0 Å². The summed E-state index contributed by atoms with van der Waals surface area (Å²) in [6.07, 6.45) is 11.0. The van der Waals surface area contributed by atoms with E-state index >= 15 is 0 Å². The number of hydrogen-bond acceptors (Lipinski definition) is 0. The molecule has 1 unspecified atom stereocenters. The van der Waals surface area contributed by atoms with Crippen LogP contribution in [0.15, 0.2) is 24.3 Å². The molecule has 1 atom stereocenters. The van der Waals surface area contributed by atoms with Crippen LogP contribution in [0.5, 0.6) is 0 Å². The Kier molecular flexibility index (Phi) is 2.34. The van der Waals surface area contributed by atoms with Gasteiger partial charge in [0.15, 0.2) is 0 Å². The van der Waals surface area contributed by atoms with Crippen molar-refractivity contribution in [3.63, 3.8) is 0 Å². The van der Waals surface area contributed by atoms with E-state index < -0.39 is 0 Å². The van der Waals surface area contributed by atoms with Crippen molar-refractivity contribution in [3.8, 4) is 0 Å². The molecule has 0 saturated heterocycles. The smallest absolute Gasteiger partial charge is 0.0331 e. The maximum atomic E-state index is 3.51. The Morgan fingerprint density at radius 3 is 3.12 bits per heavy atom. The van der Waals surface area contributed by atoms with Gasteiger partial charge in [0.2, 0.25) is 0 Å². The molecule has 0 nitrogen and oxygen atoms in total. The van der Waals surface area contributed by atoms with Gasteiger partial charge in [-0.3, -0.25) is 0 Å². The summed E-state index contributed by atoms with van der Waals surface area (Å²) in [6.45, 7) is 0. The zero-order valence-corrected chi connectivity index (χ0v) is 6.26. The van der Waals surface area contributed by atoms with Gasteiger partial charge in [-0.2, -0.15) is 0 Å². The predicted octanol–water partition coefficient (Wildman–Crippen LogP) is 2.66. The SMILES string of the molecule is BrC1C=CC=CCC1. The molecular weight excluding hydrogens is 164 g/mol. The van der Waals surface area contributed by atoms with Gasteiger partial charge in [-0.15, -0.1) is 0 Å². The first-order valence-corrected chi connectivity index (χ1v) is 3.78. The number of hydrogen-bond donors (Lipinski definition) is 0. The number of halogens is 1. The Hall–Kier alpha value is -0.0400. The number of alkyl halides is 1. The lowest BCUT2D eigenvalue weighted by molar-refractivity contribution is 0.901. The average Bonchev–Trinajstić information content (AvgIpc) is 1.94. The zero-order valence-electron chi connectivity index (χ0n) is 4.68. The average molecular weight is 173 g/mol. The van der Waals surface area contributed by atoms with E-state index in [0.717, 1.165) is 0 Å². The third-order valence-electron chi connectivity index (χ3n) is 1.18. The largest absolute Gasteiger partial charge is 0.0845 e. The maximum Gasteiger partial charge on any atom is 0.0331 e. The van der Waals surface area contributed by atoms with Crippen molar-refractivity contribution >= 4 is 15.9 Å². The van der Waals surface area contributed by atoms with Crippen LogP contribution >= 0.6 is 15.9 Å². The van der Waals surface area contributed by atoms with Crippen molar-refractivity contribution in [2.45, 2.75) is 17.7 Å². The Balaban J connectivity index is 2.46. The molecule has 0 radical (unpaired) electrons. The minimum Gasteiger partial charge on any atom is -0.0845 e. The maximum absolute atomic E-state index is 3.51. The summed E-state index contributed by atoms with van der Waals surface area (Å²) in [5.41, 5.74) is 0. The number of rotatable bonds is 0. The molecule has 1 heteroatoms. The zero-order chi connectivity index (χ0) is 5.82. The van der Waals surface area contributed by atoms with E-state index in [4.69, 9.17) is 0 Å². The summed E-state index contributed by atoms with van der Waals surface area (Å²) >= 11 is 3.51. The van der Waals surface area contributed by atoms with Crippen molar-refractivity contribution in [1.82, 2.24) is 0 Å². The summed E-state index contributed by atoms with van der Waals surface area (Å²) in [5.74, 6) is 0. The highest BCUT2D eigenvalue weighted by Crippen LogP contribution is 2.12. The summed E-state index contributed by atoms with van der Waals surface area (Å²) < 4.78 is 0. The van der Waals surface area contributed by atoms with E-state index in [1.54, 1.807) is 0 Å². The summed E-state index contributed by atoms with van der Waals surface area (Å²) in [4.78, 5) is 0.595. The lowest BCUT2D eigenvalue weighted by Crippen LogP contribution is -1.87. The molecule has 8 heavy (non-hydrogen) atoms. The minimum atomic E-state index is 0.595. The standard InChI is InChI=1S/C7H9Br/c8-7-5-3-1-2-4-6-7/h1-3,5,7H,4,6H2. The van der Waals surface area contributed by atoms with Crippen molar-refractivity contribution in [3.05, 3.63) is 24.3 Å². The van der Waals surface area contributed by atoms with Gasteiger partial charge < -0.3 is 0 Å². The molecule has 0 saturated carbocycles. The summed E-state index contributed by atoms with van der Waals surface area (Å²) in [7, 11) is 0. The monoisotopic (exact) mass is 172 g/mol. The fourth-order valence-electron chi connectivity index (χ4n) is 0.711. The molecule has 0 spiro atoms. The summed E-state index contributed by atoms with van der Waals surface area (Å²) in [6, 6.07) is 0. The molecule has 0 aromatic rings. The molecule has 0 N–H and O–H groups in total. The molecule has 0 fully saturated rings. The third-order valence-corrected chi connectivity index (χ3v) is 1.94. The third kappa shape index (κ3) is 1.83. The predicted molar refractivity (Wildman–Crippen MR) is 40.2 cm³/mol. The first-order chi connectivity index (χ1) is 3.89. The fourth-order valence-corrected chi connectivity index (χ4v) is 1.15. The van der Waals surface area contributed by atoms with E-state index in [9.17, 15) is 0 Å². The Morgan fingerprint density at radius 1 is 1.38 bits per heavy atom. The molecule has 0 bridgehead atoms. The molecule has 1 aliphatic carbocycles. The molecule has 0 aromatic carbocycles. The van der Waals surface area contributed by atoms with E-state index in [2.05, 4.69) is 40.2 Å². The Labute approximate surface area is 58.4 Å². The molecule has 1 rings (SSSR count). The fraction of sp³-hybridized carbons (Fsp3) is 0.429. The highest BCUT2D eigenvalue weighted by Gasteiger charge is 1.96. The van der Waals surface area contributed by atoms with Crippen LogP contribution in [0.3, 0.4) is 0 Å². The second kappa shape index (κ2) is 3.08. The van der Waals surface area contributed by atoms with E-state index in [0.29, 0.717) is 4.83 Å². The van der Waals surface area contributed by atoms with Gasteiger partial charge >= 0.3 is 0 Å². The molecule has 1 aliphatic rings. The van der Waals surface area contributed by atoms with Crippen molar-refractivity contribution in [2.75, 3.05) is 0 Å². The van der Waals surface area contributed by atoms with Crippen molar-refractivity contribution in [2.24, 2.45) is 0 Å². The normalized spacial score (nSPS) is 27.9. The molecule has 0 heterocycles. The first-order valence-electron chi connectivity index (χ1n) is 2.87. The van der Waals surface area contributed by atoms with Crippen LogP contribution in [-0.4, -0.2) is 4.83 Å². The van der Waals surface area contributed by atoms with E-state index in [1.807, 2.05) is 0 Å². The summed E-state index contributed by atoms with van der Waals surface area (Å²) in [5, 5.41) is 0. The van der Waals surface area contributed by atoms with Gasteiger partial charge in [0.25, 0.3) is 0 Å². The Bertz CT molecular complexity index is 114. The molecule has 0 aliphatic heterocycles. The van der Waals surface area contributed by atoms with Gasteiger partial charge in [0, 0.05) is 4.83 Å². The van der Waals surface area contributed by atoms with Crippen molar-refractivity contribution in [1.29, 1.82) is 0 Å². The van der Waals surface area contributed by atoms with Crippen LogP contribution in [0.2, 0.25) is 0 Å². The van der Waals surface area contributed by atoms with E-state index in [-0.39, 0.29) is 0 Å². The van der Waals surface area contributed by atoms with Crippen molar-refractivity contribution < 1.29 is 0 Å². The molecule has 0 aromatic heterocycles. The first kappa shape index (κ1) is 6.09. The number of allylic oxidation sites excluding steroid dienone is 4. The Morgan fingerprint density at radius 2 is 2.25 bits per heavy atom. The minimum absolute atomic E-state index is 0.595. The van der Waals surface area contributed by atoms with Crippen LogP contribution in [0.4, 0.5) is 0 Å². The van der Waals surface area contributed by atoms with Gasteiger partial charge in [-0.1, -0.05) is 40.2 Å². The highest BCUT2D eigenvalue weighted by molar-refractivity contribution is 9.09. The second-order valence-corrected chi connectivity index (χ2v) is 3.08. The van der Waals surface area contributed by atoms with E-state index in [1.165, 1.54) is 12.8 Å². The molecular formula is C7H9Br. The van der Waals surface area contributed by atoms with Crippen LogP contribution in [0, 0.1) is 0 Å². The highest BCUT2D eigenvalue weighted by atomic mass is 79.9. The lowest BCUT2D eigenvalue weighted by atomic mass is 10.2. The van der Waals surface area contributed by atoms with Gasteiger partial charge in [-0.25, -0.2) is 0 Å². The van der Waals surface area contributed by atoms with Crippen LogP contribution in [-0.2, 0) is 0 Å². The quantitative estimate of drug-likeness (QED) is 0.494. The van der Waals surface area contributed by atoms with Crippen LogP contribution in [0.25, 0.3) is 0 Å². The van der Waals surface area contributed by atoms with Crippen LogP contribution in [0.1, 0.15) is 12.8 Å². The molecule has 44 valence electrons.